The number of benzene rings is 1. The van der Waals surface area contributed by atoms with Gasteiger partial charge in [-0.2, -0.15) is 0 Å². The van der Waals surface area contributed by atoms with Crippen LogP contribution < -0.4 is 11.1 Å². The number of ether oxygens (including phenoxy) is 1. The number of para-hydroxylation sites is 1. The van der Waals surface area contributed by atoms with Gasteiger partial charge in [0.25, 0.3) is 0 Å². The first-order valence-corrected chi connectivity index (χ1v) is 6.69. The second kappa shape index (κ2) is 6.63. The van der Waals surface area contributed by atoms with E-state index in [9.17, 15) is 4.79 Å². The van der Waals surface area contributed by atoms with E-state index < -0.39 is 0 Å². The molecule has 0 radical (unpaired) electrons. The van der Waals surface area contributed by atoms with Gasteiger partial charge < -0.3 is 20.7 Å². The number of carbonyl (C=O) groups is 1. The van der Waals surface area contributed by atoms with Crippen molar-refractivity contribution in [2.24, 2.45) is 0 Å². The molecule has 1 saturated heterocycles. The van der Waals surface area contributed by atoms with Crippen LogP contribution in [0.2, 0.25) is 5.02 Å². The van der Waals surface area contributed by atoms with Crippen LogP contribution >= 0.6 is 11.6 Å². The molecule has 0 bridgehead atoms. The molecule has 1 aliphatic heterocycles. The standard InChI is InChI=1S/C13H18ClN3O2/c14-10-2-1-3-11(13(10)15)16-5-4-12(18)17-6-8-19-9-7-17/h1-3,16H,4-9,15H2. The number of hydrogen-bond donors (Lipinski definition) is 2. The van der Waals surface area contributed by atoms with Crippen molar-refractivity contribution >= 4 is 28.9 Å². The lowest BCUT2D eigenvalue weighted by atomic mass is 10.2. The lowest BCUT2D eigenvalue weighted by molar-refractivity contribution is -0.134. The van der Waals surface area contributed by atoms with Crippen molar-refractivity contribution in [1.29, 1.82) is 0 Å². The molecule has 0 unspecified atom stereocenters. The Morgan fingerprint density at radius 1 is 1.42 bits per heavy atom. The average molecular weight is 284 g/mol. The fourth-order valence-corrected chi connectivity index (χ4v) is 2.14. The Labute approximate surface area is 117 Å². The van der Waals surface area contributed by atoms with Gasteiger partial charge in [-0.3, -0.25) is 4.79 Å². The molecule has 5 nitrogen and oxygen atoms in total. The predicted octanol–water partition coefficient (Wildman–Crippen LogP) is 1.58. The highest BCUT2D eigenvalue weighted by molar-refractivity contribution is 6.33. The normalized spacial score (nSPS) is 15.3. The number of halogens is 1. The lowest BCUT2D eigenvalue weighted by Gasteiger charge is -2.27. The Bertz CT molecular complexity index is 448. The summed E-state index contributed by atoms with van der Waals surface area (Å²) in [6.45, 7) is 3.15. The summed E-state index contributed by atoms with van der Waals surface area (Å²) in [5.74, 6) is 0.136. The van der Waals surface area contributed by atoms with Gasteiger partial charge in [0.1, 0.15) is 0 Å². The van der Waals surface area contributed by atoms with Crippen LogP contribution in [0, 0.1) is 0 Å². The Morgan fingerprint density at radius 3 is 2.89 bits per heavy atom. The number of nitrogens with one attached hydrogen (secondary N) is 1. The first-order valence-electron chi connectivity index (χ1n) is 6.32. The minimum absolute atomic E-state index is 0.136. The zero-order valence-corrected chi connectivity index (χ0v) is 11.4. The fraction of sp³-hybridized carbons (Fsp3) is 0.462. The maximum Gasteiger partial charge on any atom is 0.224 e. The smallest absolute Gasteiger partial charge is 0.224 e. The molecule has 6 heteroatoms. The average Bonchev–Trinajstić information content (AvgIpc) is 2.44. The maximum atomic E-state index is 11.9. The Kier molecular flexibility index (Phi) is 4.87. The molecule has 0 spiro atoms. The van der Waals surface area contributed by atoms with Crippen molar-refractivity contribution in [3.8, 4) is 0 Å². The van der Waals surface area contributed by atoms with Gasteiger partial charge in [-0.25, -0.2) is 0 Å². The van der Waals surface area contributed by atoms with Gasteiger partial charge in [0, 0.05) is 26.1 Å². The summed E-state index contributed by atoms with van der Waals surface area (Å²) < 4.78 is 5.21. The third kappa shape index (κ3) is 3.75. The number of anilines is 2. The molecule has 1 aromatic carbocycles. The summed E-state index contributed by atoms with van der Waals surface area (Å²) >= 11 is 5.92. The summed E-state index contributed by atoms with van der Waals surface area (Å²) in [4.78, 5) is 13.7. The van der Waals surface area contributed by atoms with Gasteiger partial charge in [0.2, 0.25) is 5.91 Å². The molecule has 1 aliphatic rings. The van der Waals surface area contributed by atoms with Gasteiger partial charge in [-0.05, 0) is 12.1 Å². The van der Waals surface area contributed by atoms with Crippen LogP contribution in [0.4, 0.5) is 11.4 Å². The highest BCUT2D eigenvalue weighted by Gasteiger charge is 2.16. The molecule has 3 N–H and O–H groups in total. The zero-order valence-electron chi connectivity index (χ0n) is 10.7. The van der Waals surface area contributed by atoms with Gasteiger partial charge in [0.15, 0.2) is 0 Å². The van der Waals surface area contributed by atoms with Crippen LogP contribution in [-0.2, 0) is 9.53 Å². The Morgan fingerprint density at radius 2 is 2.16 bits per heavy atom. The van der Waals surface area contributed by atoms with Crippen molar-refractivity contribution < 1.29 is 9.53 Å². The van der Waals surface area contributed by atoms with Crippen LogP contribution in [0.5, 0.6) is 0 Å². The fourth-order valence-electron chi connectivity index (χ4n) is 1.97. The van der Waals surface area contributed by atoms with E-state index in [1.165, 1.54) is 0 Å². The van der Waals surface area contributed by atoms with E-state index in [1.54, 1.807) is 6.07 Å². The minimum Gasteiger partial charge on any atom is -0.396 e. The van der Waals surface area contributed by atoms with Crippen LogP contribution in [-0.4, -0.2) is 43.7 Å². The molecule has 1 amide bonds. The monoisotopic (exact) mass is 283 g/mol. The van der Waals surface area contributed by atoms with Crippen molar-refractivity contribution in [2.45, 2.75) is 6.42 Å². The van der Waals surface area contributed by atoms with Gasteiger partial charge in [0.05, 0.1) is 29.6 Å². The van der Waals surface area contributed by atoms with Gasteiger partial charge in [-0.15, -0.1) is 0 Å². The maximum absolute atomic E-state index is 11.9. The molecule has 19 heavy (non-hydrogen) atoms. The molecule has 0 atom stereocenters. The first-order chi connectivity index (χ1) is 9.18. The number of nitrogens with two attached hydrogens (primary N) is 1. The SMILES string of the molecule is Nc1c(Cl)cccc1NCCC(=O)N1CCOCC1. The van der Waals surface area contributed by atoms with E-state index in [2.05, 4.69) is 5.32 Å². The Hall–Kier alpha value is -1.46. The summed E-state index contributed by atoms with van der Waals surface area (Å²) in [6.07, 6.45) is 0.436. The molecule has 0 aromatic heterocycles. The summed E-state index contributed by atoms with van der Waals surface area (Å²) in [5.41, 5.74) is 7.12. The zero-order chi connectivity index (χ0) is 13.7. The second-order valence-corrected chi connectivity index (χ2v) is 4.78. The molecular formula is C13H18ClN3O2. The first kappa shape index (κ1) is 14.0. The van der Waals surface area contributed by atoms with E-state index in [0.717, 1.165) is 5.69 Å². The van der Waals surface area contributed by atoms with E-state index in [1.807, 2.05) is 17.0 Å². The molecule has 104 valence electrons. The van der Waals surface area contributed by atoms with Crippen molar-refractivity contribution in [2.75, 3.05) is 43.9 Å². The molecule has 2 rings (SSSR count). The topological polar surface area (TPSA) is 67.6 Å². The van der Waals surface area contributed by atoms with E-state index in [4.69, 9.17) is 22.1 Å². The van der Waals surface area contributed by atoms with Crippen LogP contribution in [0.25, 0.3) is 0 Å². The largest absolute Gasteiger partial charge is 0.396 e. The number of rotatable bonds is 4. The van der Waals surface area contributed by atoms with E-state index >= 15 is 0 Å². The molecule has 1 heterocycles. The summed E-state index contributed by atoms with van der Waals surface area (Å²) in [7, 11) is 0. The number of amides is 1. The number of nitrogens with zero attached hydrogens (tertiary/aromatic N) is 1. The van der Waals surface area contributed by atoms with Crippen molar-refractivity contribution in [3.63, 3.8) is 0 Å². The third-order valence-corrected chi connectivity index (χ3v) is 3.40. The van der Waals surface area contributed by atoms with E-state index in [-0.39, 0.29) is 5.91 Å². The highest BCUT2D eigenvalue weighted by atomic mass is 35.5. The highest BCUT2D eigenvalue weighted by Crippen LogP contribution is 2.26. The third-order valence-electron chi connectivity index (χ3n) is 3.07. The number of nitrogen functional groups attached to an aromatic ring is 1. The number of carbonyl (C=O) groups excluding carboxylic acids is 1. The van der Waals surface area contributed by atoms with Crippen LogP contribution in [0.3, 0.4) is 0 Å². The van der Waals surface area contributed by atoms with Crippen LogP contribution in [0.1, 0.15) is 6.42 Å². The summed E-state index contributed by atoms with van der Waals surface area (Å²) in [5, 5.41) is 3.65. The minimum atomic E-state index is 0.136. The molecule has 1 fully saturated rings. The summed E-state index contributed by atoms with van der Waals surface area (Å²) in [6, 6.07) is 5.41. The van der Waals surface area contributed by atoms with Crippen molar-refractivity contribution in [1.82, 2.24) is 4.90 Å². The predicted molar refractivity (Wildman–Crippen MR) is 76.4 cm³/mol. The Balaban J connectivity index is 1.79. The molecule has 0 saturated carbocycles. The number of morpholine rings is 1. The quantitative estimate of drug-likeness (QED) is 0.824. The van der Waals surface area contributed by atoms with Crippen LogP contribution in [0.15, 0.2) is 18.2 Å². The van der Waals surface area contributed by atoms with Gasteiger partial charge in [-0.1, -0.05) is 17.7 Å². The molecule has 0 aliphatic carbocycles. The molecular weight excluding hydrogens is 266 g/mol. The van der Waals surface area contributed by atoms with Gasteiger partial charge >= 0.3 is 0 Å². The van der Waals surface area contributed by atoms with Crippen molar-refractivity contribution in [3.05, 3.63) is 23.2 Å². The number of hydrogen-bond acceptors (Lipinski definition) is 4. The second-order valence-electron chi connectivity index (χ2n) is 4.37. The lowest BCUT2D eigenvalue weighted by Crippen LogP contribution is -2.41. The molecule has 1 aromatic rings. The van der Waals surface area contributed by atoms with E-state index in [0.29, 0.717) is 50.0 Å².